The molecule has 1 aromatic rings. The lowest BCUT2D eigenvalue weighted by molar-refractivity contribution is 0.0748. The summed E-state index contributed by atoms with van der Waals surface area (Å²) in [6, 6.07) is 5.84. The number of nitrogens with two attached hydrogens (primary N) is 1. The maximum absolute atomic E-state index is 12.2. The van der Waals surface area contributed by atoms with Gasteiger partial charge in [0.25, 0.3) is 5.91 Å². The molecule has 0 radical (unpaired) electrons. The first-order valence-electron chi connectivity index (χ1n) is 6.62. The molecule has 0 spiro atoms. The van der Waals surface area contributed by atoms with Crippen LogP contribution in [0.2, 0.25) is 0 Å². The van der Waals surface area contributed by atoms with Crippen LogP contribution in [0, 0.1) is 0 Å². The van der Waals surface area contributed by atoms with Crippen LogP contribution in [0.3, 0.4) is 0 Å². The molecule has 0 saturated carbocycles. The fraction of sp³-hybridized carbons (Fsp3) is 0.500. The molecule has 8 heteroatoms. The van der Waals surface area contributed by atoms with E-state index < -0.39 is 9.84 Å². The van der Waals surface area contributed by atoms with Crippen LogP contribution < -0.4 is 5.73 Å². The lowest BCUT2D eigenvalue weighted by atomic mass is 10.2. The Hall–Kier alpha value is -1.15. The molecule has 2 N–H and O–H groups in total. The van der Waals surface area contributed by atoms with Crippen molar-refractivity contribution in [1.29, 1.82) is 0 Å². The van der Waals surface area contributed by atoms with Gasteiger partial charge in [-0.05, 0) is 31.2 Å². The van der Waals surface area contributed by atoms with E-state index in [2.05, 4.69) is 0 Å². The zero-order chi connectivity index (χ0) is 16.0. The maximum Gasteiger partial charge on any atom is 0.253 e. The summed E-state index contributed by atoms with van der Waals surface area (Å²) in [5, 5.41) is 0. The molecule has 1 amide bonds. The van der Waals surface area contributed by atoms with E-state index >= 15 is 0 Å². The monoisotopic (exact) mass is 350 g/mol. The van der Waals surface area contributed by atoms with E-state index in [0.29, 0.717) is 12.1 Å². The summed E-state index contributed by atoms with van der Waals surface area (Å²) in [5.74, 6) is -0.269. The van der Waals surface area contributed by atoms with Crippen molar-refractivity contribution in [2.45, 2.75) is 17.9 Å². The third-order valence-electron chi connectivity index (χ3n) is 3.34. The Morgan fingerprint density at radius 1 is 1.32 bits per heavy atom. The van der Waals surface area contributed by atoms with Gasteiger partial charge in [-0.2, -0.15) is 0 Å². The van der Waals surface area contributed by atoms with E-state index in [9.17, 15) is 13.2 Å². The molecule has 1 aromatic carbocycles. The van der Waals surface area contributed by atoms with Gasteiger partial charge in [-0.1, -0.05) is 0 Å². The fourth-order valence-electron chi connectivity index (χ4n) is 1.68. The molecule has 0 bridgehead atoms. The van der Waals surface area contributed by atoms with Crippen molar-refractivity contribution in [3.8, 4) is 0 Å². The molecule has 0 aliphatic carbocycles. The van der Waals surface area contributed by atoms with Gasteiger partial charge in [0, 0.05) is 32.3 Å². The molecule has 0 saturated heterocycles. The van der Waals surface area contributed by atoms with E-state index in [1.807, 2.05) is 6.92 Å². The first-order chi connectivity index (χ1) is 9.83. The first-order valence-corrected chi connectivity index (χ1v) is 8.27. The Morgan fingerprint density at radius 3 is 2.32 bits per heavy atom. The molecular formula is C14H23ClN2O4S. The van der Waals surface area contributed by atoms with Gasteiger partial charge in [-0.3, -0.25) is 4.79 Å². The SMILES string of the molecule is COCCS(=O)(=O)c1ccc(C(=O)N(C)C(C)CN)cc1.Cl. The van der Waals surface area contributed by atoms with Gasteiger partial charge in [-0.25, -0.2) is 8.42 Å². The van der Waals surface area contributed by atoms with Gasteiger partial charge in [0.1, 0.15) is 0 Å². The van der Waals surface area contributed by atoms with Gasteiger partial charge in [0.15, 0.2) is 9.84 Å². The number of likely N-dealkylation sites (N-methyl/N-ethyl adjacent to an activating group) is 1. The zero-order valence-electron chi connectivity index (χ0n) is 13.0. The predicted octanol–water partition coefficient (Wildman–Crippen LogP) is 0.948. The Kier molecular flexibility index (Phi) is 8.62. The van der Waals surface area contributed by atoms with Gasteiger partial charge in [0.05, 0.1) is 17.3 Å². The highest BCUT2D eigenvalue weighted by Gasteiger charge is 2.18. The molecule has 1 rings (SSSR count). The summed E-state index contributed by atoms with van der Waals surface area (Å²) in [6.45, 7) is 2.35. The van der Waals surface area contributed by atoms with Crippen LogP contribution >= 0.6 is 12.4 Å². The highest BCUT2D eigenvalue weighted by Crippen LogP contribution is 2.14. The summed E-state index contributed by atoms with van der Waals surface area (Å²) < 4.78 is 28.7. The fourth-order valence-corrected chi connectivity index (χ4v) is 2.85. The number of sulfone groups is 1. The summed E-state index contributed by atoms with van der Waals surface area (Å²) in [6.07, 6.45) is 0. The third kappa shape index (κ3) is 5.24. The van der Waals surface area contributed by atoms with E-state index in [1.165, 1.54) is 36.3 Å². The van der Waals surface area contributed by atoms with E-state index in [-0.39, 0.29) is 41.6 Å². The Bertz CT molecular complexity index is 575. The summed E-state index contributed by atoms with van der Waals surface area (Å²) >= 11 is 0. The van der Waals surface area contributed by atoms with Crippen molar-refractivity contribution in [2.75, 3.05) is 33.1 Å². The lowest BCUT2D eigenvalue weighted by Gasteiger charge is -2.23. The topological polar surface area (TPSA) is 89.7 Å². The van der Waals surface area contributed by atoms with E-state index in [1.54, 1.807) is 7.05 Å². The molecule has 0 aromatic heterocycles. The van der Waals surface area contributed by atoms with Crippen molar-refractivity contribution in [2.24, 2.45) is 5.73 Å². The number of hydrogen-bond donors (Lipinski definition) is 1. The molecule has 0 aliphatic heterocycles. The molecule has 6 nitrogen and oxygen atoms in total. The van der Waals surface area contributed by atoms with Gasteiger partial charge >= 0.3 is 0 Å². The number of nitrogens with zero attached hydrogens (tertiary/aromatic N) is 1. The molecule has 22 heavy (non-hydrogen) atoms. The first kappa shape index (κ1) is 20.9. The quantitative estimate of drug-likeness (QED) is 0.790. The molecule has 0 fully saturated rings. The molecule has 0 aliphatic rings. The van der Waals surface area contributed by atoms with Crippen LogP contribution in [-0.4, -0.2) is 58.3 Å². The summed E-state index contributed by atoms with van der Waals surface area (Å²) in [5.41, 5.74) is 5.97. The molecule has 1 unspecified atom stereocenters. The van der Waals surface area contributed by atoms with Crippen LogP contribution in [0.15, 0.2) is 29.2 Å². The largest absolute Gasteiger partial charge is 0.384 e. The molecule has 1 atom stereocenters. The smallest absolute Gasteiger partial charge is 0.253 e. The lowest BCUT2D eigenvalue weighted by Crippen LogP contribution is -2.39. The number of carbonyl (C=O) groups excluding carboxylic acids is 1. The van der Waals surface area contributed by atoms with Crippen molar-refractivity contribution in [3.05, 3.63) is 29.8 Å². The molecule has 0 heterocycles. The van der Waals surface area contributed by atoms with Crippen LogP contribution in [0.4, 0.5) is 0 Å². The third-order valence-corrected chi connectivity index (χ3v) is 5.03. The van der Waals surface area contributed by atoms with Crippen molar-refractivity contribution >= 4 is 28.2 Å². The van der Waals surface area contributed by atoms with Gasteiger partial charge in [0.2, 0.25) is 0 Å². The number of amides is 1. The average Bonchev–Trinajstić information content (AvgIpc) is 2.50. The van der Waals surface area contributed by atoms with Gasteiger partial charge in [-0.15, -0.1) is 12.4 Å². The van der Waals surface area contributed by atoms with Crippen molar-refractivity contribution in [1.82, 2.24) is 4.90 Å². The second-order valence-corrected chi connectivity index (χ2v) is 6.95. The second kappa shape index (κ2) is 9.09. The number of methoxy groups -OCH3 is 1. The highest BCUT2D eigenvalue weighted by atomic mass is 35.5. The average molecular weight is 351 g/mol. The predicted molar refractivity (Wildman–Crippen MR) is 88.2 cm³/mol. The zero-order valence-corrected chi connectivity index (χ0v) is 14.6. The number of carbonyl (C=O) groups is 1. The van der Waals surface area contributed by atoms with Gasteiger partial charge < -0.3 is 15.4 Å². The number of benzene rings is 1. The Morgan fingerprint density at radius 2 is 1.86 bits per heavy atom. The second-order valence-electron chi connectivity index (χ2n) is 4.84. The van der Waals surface area contributed by atoms with Crippen molar-refractivity contribution in [3.63, 3.8) is 0 Å². The van der Waals surface area contributed by atoms with E-state index in [0.717, 1.165) is 0 Å². The Balaban J connectivity index is 0.00000441. The standard InChI is InChI=1S/C14H22N2O4S.ClH/c1-11(10-15)16(2)14(17)12-4-6-13(7-5-12)21(18,19)9-8-20-3;/h4-7,11H,8-10,15H2,1-3H3;1H. The minimum absolute atomic E-state index is 0. The summed E-state index contributed by atoms with van der Waals surface area (Å²) in [4.78, 5) is 13.9. The number of ether oxygens (including phenoxy) is 1. The van der Waals surface area contributed by atoms with Crippen LogP contribution in [0.25, 0.3) is 0 Å². The van der Waals surface area contributed by atoms with Crippen molar-refractivity contribution < 1.29 is 17.9 Å². The normalized spacial score (nSPS) is 12.4. The number of hydrogen-bond acceptors (Lipinski definition) is 5. The van der Waals surface area contributed by atoms with Crippen LogP contribution in [0.1, 0.15) is 17.3 Å². The molecular weight excluding hydrogens is 328 g/mol. The number of halogens is 1. The van der Waals surface area contributed by atoms with Crippen LogP contribution in [0.5, 0.6) is 0 Å². The number of rotatable bonds is 7. The maximum atomic E-state index is 12.2. The minimum atomic E-state index is -3.38. The summed E-state index contributed by atoms with van der Waals surface area (Å²) in [7, 11) is -0.256. The minimum Gasteiger partial charge on any atom is -0.384 e. The Labute approximate surface area is 138 Å². The highest BCUT2D eigenvalue weighted by molar-refractivity contribution is 7.91. The van der Waals surface area contributed by atoms with Crippen LogP contribution in [-0.2, 0) is 14.6 Å². The molecule has 126 valence electrons. The van der Waals surface area contributed by atoms with E-state index in [4.69, 9.17) is 10.5 Å².